The molecule has 0 unspecified atom stereocenters. The number of hydrogen-bond donors (Lipinski definition) is 0. The zero-order chi connectivity index (χ0) is 18.8. The third-order valence-corrected chi connectivity index (χ3v) is 5.60. The number of benzene rings is 1. The number of hydrogen-bond acceptors (Lipinski definition) is 4. The second-order valence-corrected chi connectivity index (χ2v) is 7.52. The highest BCUT2D eigenvalue weighted by molar-refractivity contribution is 5.85. The average Bonchev–Trinajstić information content (AvgIpc) is 2.61. The molecule has 1 amide bonds. The Morgan fingerprint density at radius 2 is 1.92 bits per heavy atom. The summed E-state index contributed by atoms with van der Waals surface area (Å²) in [6, 6.07) is 5.49. The Hall–Kier alpha value is -2.30. The molecule has 1 heterocycles. The van der Waals surface area contributed by atoms with Gasteiger partial charge in [-0.2, -0.15) is 0 Å². The third kappa shape index (κ3) is 3.76. The molecule has 0 N–H and O–H groups in total. The summed E-state index contributed by atoms with van der Waals surface area (Å²) < 4.78 is 11.1. The molecule has 1 aromatic heterocycles. The predicted octanol–water partition coefficient (Wildman–Crippen LogP) is 3.83. The van der Waals surface area contributed by atoms with Crippen LogP contribution in [-0.4, -0.2) is 30.5 Å². The van der Waals surface area contributed by atoms with Crippen LogP contribution in [0.2, 0.25) is 0 Å². The molecule has 1 aliphatic rings. The Bertz CT molecular complexity index is 862. The number of amides is 1. The number of carbonyl (C=O) groups is 1. The molecule has 140 valence electrons. The number of likely N-dealkylation sites (N-methyl/N-ethyl adjacent to an activating group) is 1. The quantitative estimate of drug-likeness (QED) is 0.781. The summed E-state index contributed by atoms with van der Waals surface area (Å²) in [6.45, 7) is 5.98. The molecule has 3 rings (SSSR count). The van der Waals surface area contributed by atoms with Gasteiger partial charge in [0.05, 0.1) is 0 Å². The molecular weight excluding hydrogens is 330 g/mol. The Morgan fingerprint density at radius 3 is 2.62 bits per heavy atom. The van der Waals surface area contributed by atoms with Gasteiger partial charge >= 0.3 is 5.63 Å². The fraction of sp³-hybridized carbons (Fsp3) is 0.524. The summed E-state index contributed by atoms with van der Waals surface area (Å²) in [5, 5.41) is 0.884. The number of fused-ring (bicyclic) bond motifs is 1. The van der Waals surface area contributed by atoms with Gasteiger partial charge in [0.2, 0.25) is 0 Å². The van der Waals surface area contributed by atoms with Crippen molar-refractivity contribution in [2.45, 2.75) is 52.5 Å². The van der Waals surface area contributed by atoms with Crippen molar-refractivity contribution in [1.29, 1.82) is 0 Å². The van der Waals surface area contributed by atoms with E-state index in [4.69, 9.17) is 9.15 Å². The highest BCUT2D eigenvalue weighted by Gasteiger charge is 2.25. The van der Waals surface area contributed by atoms with Crippen LogP contribution in [0.5, 0.6) is 5.75 Å². The lowest BCUT2D eigenvalue weighted by Crippen LogP contribution is -2.41. The molecule has 5 heteroatoms. The van der Waals surface area contributed by atoms with E-state index in [1.807, 2.05) is 37.9 Å². The van der Waals surface area contributed by atoms with Crippen LogP contribution < -0.4 is 10.4 Å². The van der Waals surface area contributed by atoms with Gasteiger partial charge in [0, 0.05) is 30.1 Å². The number of rotatable bonds is 4. The Balaban J connectivity index is 1.70. The first-order chi connectivity index (χ1) is 12.4. The van der Waals surface area contributed by atoms with Crippen LogP contribution in [0.1, 0.15) is 43.7 Å². The van der Waals surface area contributed by atoms with Gasteiger partial charge < -0.3 is 14.1 Å². The molecule has 0 atom stereocenters. The van der Waals surface area contributed by atoms with Gasteiger partial charge in [-0.3, -0.25) is 4.79 Å². The summed E-state index contributed by atoms with van der Waals surface area (Å²) in [5.41, 5.74) is 1.76. The van der Waals surface area contributed by atoms with E-state index in [1.165, 1.54) is 18.9 Å². The predicted molar refractivity (Wildman–Crippen MR) is 102 cm³/mol. The molecule has 1 aromatic carbocycles. The van der Waals surface area contributed by atoms with Crippen LogP contribution in [0.4, 0.5) is 0 Å². The summed E-state index contributed by atoms with van der Waals surface area (Å²) in [4.78, 5) is 26.0. The maximum absolute atomic E-state index is 12.5. The van der Waals surface area contributed by atoms with Crippen molar-refractivity contribution in [2.75, 3.05) is 13.7 Å². The highest BCUT2D eigenvalue weighted by Crippen LogP contribution is 2.29. The van der Waals surface area contributed by atoms with E-state index in [0.717, 1.165) is 35.3 Å². The molecule has 1 aliphatic carbocycles. The van der Waals surface area contributed by atoms with E-state index in [0.29, 0.717) is 17.4 Å². The van der Waals surface area contributed by atoms with E-state index in [9.17, 15) is 9.59 Å². The number of carbonyl (C=O) groups excluding carboxylic acids is 1. The smallest absolute Gasteiger partial charge is 0.336 e. The molecule has 5 nitrogen and oxygen atoms in total. The molecular formula is C21H27NO4. The topological polar surface area (TPSA) is 59.8 Å². The first kappa shape index (κ1) is 18.5. The van der Waals surface area contributed by atoms with Crippen molar-refractivity contribution in [1.82, 2.24) is 4.90 Å². The first-order valence-corrected chi connectivity index (χ1v) is 9.29. The van der Waals surface area contributed by atoms with Crippen LogP contribution >= 0.6 is 0 Å². The van der Waals surface area contributed by atoms with Crippen LogP contribution in [-0.2, 0) is 4.79 Å². The molecule has 1 fully saturated rings. The largest absolute Gasteiger partial charge is 0.483 e. The van der Waals surface area contributed by atoms with Crippen LogP contribution in [0.3, 0.4) is 0 Å². The van der Waals surface area contributed by atoms with Crippen LogP contribution in [0, 0.1) is 19.8 Å². The first-order valence-electron chi connectivity index (χ1n) is 9.29. The lowest BCUT2D eigenvalue weighted by molar-refractivity contribution is -0.134. The maximum atomic E-state index is 12.5. The zero-order valence-corrected chi connectivity index (χ0v) is 16.0. The van der Waals surface area contributed by atoms with Gasteiger partial charge in [0.15, 0.2) is 6.61 Å². The lowest BCUT2D eigenvalue weighted by atomic mass is 9.87. The standard InChI is InChI=1S/C21H27NO4/c1-13-5-7-16(8-6-13)22(4)19(23)12-25-18-10-9-17-14(2)11-20(24)26-21(17)15(18)3/h9-11,13,16H,5-8,12H2,1-4H3. The highest BCUT2D eigenvalue weighted by atomic mass is 16.5. The lowest BCUT2D eigenvalue weighted by Gasteiger charge is -2.33. The molecule has 0 spiro atoms. The second-order valence-electron chi connectivity index (χ2n) is 7.52. The molecule has 2 aromatic rings. The second kappa shape index (κ2) is 7.52. The molecule has 0 bridgehead atoms. The number of nitrogens with zero attached hydrogens (tertiary/aromatic N) is 1. The maximum Gasteiger partial charge on any atom is 0.336 e. The summed E-state index contributed by atoms with van der Waals surface area (Å²) in [7, 11) is 1.86. The zero-order valence-electron chi connectivity index (χ0n) is 16.0. The fourth-order valence-electron chi connectivity index (χ4n) is 3.73. The number of ether oxygens (including phenoxy) is 1. The van der Waals surface area contributed by atoms with Gasteiger partial charge in [-0.25, -0.2) is 4.79 Å². The van der Waals surface area contributed by atoms with Crippen molar-refractivity contribution < 1.29 is 13.9 Å². The van der Waals surface area contributed by atoms with Gasteiger partial charge in [0.1, 0.15) is 11.3 Å². The van der Waals surface area contributed by atoms with Crippen LogP contribution in [0.15, 0.2) is 27.4 Å². The normalized spacial score (nSPS) is 20.2. The Labute approximate surface area is 153 Å². The molecule has 0 saturated heterocycles. The molecule has 0 aliphatic heterocycles. The van der Waals surface area contributed by atoms with Crippen LogP contribution in [0.25, 0.3) is 11.0 Å². The van der Waals surface area contributed by atoms with E-state index < -0.39 is 0 Å². The summed E-state index contributed by atoms with van der Waals surface area (Å²) in [5.74, 6) is 1.31. The van der Waals surface area contributed by atoms with Crippen molar-refractivity contribution in [3.05, 3.63) is 39.7 Å². The fourth-order valence-corrected chi connectivity index (χ4v) is 3.73. The Morgan fingerprint density at radius 1 is 1.23 bits per heavy atom. The number of aryl methyl sites for hydroxylation is 2. The third-order valence-electron chi connectivity index (χ3n) is 5.60. The summed E-state index contributed by atoms with van der Waals surface area (Å²) in [6.07, 6.45) is 4.46. The van der Waals surface area contributed by atoms with Crippen molar-refractivity contribution in [2.24, 2.45) is 5.92 Å². The molecule has 0 radical (unpaired) electrons. The van der Waals surface area contributed by atoms with Gasteiger partial charge in [0.25, 0.3) is 5.91 Å². The van der Waals surface area contributed by atoms with E-state index >= 15 is 0 Å². The minimum Gasteiger partial charge on any atom is -0.483 e. The molecule has 26 heavy (non-hydrogen) atoms. The van der Waals surface area contributed by atoms with E-state index in [2.05, 4.69) is 6.92 Å². The van der Waals surface area contributed by atoms with Gasteiger partial charge in [-0.15, -0.1) is 0 Å². The van der Waals surface area contributed by atoms with Crippen molar-refractivity contribution >= 4 is 16.9 Å². The van der Waals surface area contributed by atoms with Crippen molar-refractivity contribution in [3.8, 4) is 5.75 Å². The minimum atomic E-state index is -0.377. The van der Waals surface area contributed by atoms with E-state index in [-0.39, 0.29) is 18.1 Å². The van der Waals surface area contributed by atoms with E-state index in [1.54, 1.807) is 0 Å². The van der Waals surface area contributed by atoms with Gasteiger partial charge in [-0.05, 0) is 63.1 Å². The monoisotopic (exact) mass is 357 g/mol. The Kier molecular flexibility index (Phi) is 5.35. The SMILES string of the molecule is Cc1cc(=O)oc2c(C)c(OCC(=O)N(C)C3CCC(C)CC3)ccc12. The van der Waals surface area contributed by atoms with Gasteiger partial charge in [-0.1, -0.05) is 6.92 Å². The minimum absolute atomic E-state index is 0.00898. The molecule has 1 saturated carbocycles. The average molecular weight is 357 g/mol. The summed E-state index contributed by atoms with van der Waals surface area (Å²) >= 11 is 0. The van der Waals surface area contributed by atoms with Crippen molar-refractivity contribution in [3.63, 3.8) is 0 Å².